The zero-order valence-corrected chi connectivity index (χ0v) is 6.02. The molecule has 1 aliphatic heterocycles. The Hall–Kier alpha value is -0.500. The van der Waals surface area contributed by atoms with E-state index in [1.54, 1.807) is 0 Å². The van der Waals surface area contributed by atoms with Crippen molar-refractivity contribution in [3.05, 3.63) is 12.3 Å². The van der Waals surface area contributed by atoms with E-state index in [0.29, 0.717) is 5.92 Å². The summed E-state index contributed by atoms with van der Waals surface area (Å²) in [6.45, 7) is 4.18. The number of hydrogen-bond acceptors (Lipinski definition) is 2. The van der Waals surface area contributed by atoms with Gasteiger partial charge in [0.05, 0.1) is 5.66 Å². The molecule has 0 saturated carbocycles. The van der Waals surface area contributed by atoms with Gasteiger partial charge in [0.25, 0.3) is 0 Å². The molecule has 0 saturated heterocycles. The summed E-state index contributed by atoms with van der Waals surface area (Å²) in [5.41, 5.74) is 5.62. The molecule has 2 nitrogen and oxygen atoms in total. The molecule has 2 atom stereocenters. The van der Waals surface area contributed by atoms with Gasteiger partial charge in [0.15, 0.2) is 0 Å². The summed E-state index contributed by atoms with van der Waals surface area (Å²) in [7, 11) is 0. The van der Waals surface area contributed by atoms with E-state index in [1.165, 1.54) is 0 Å². The van der Waals surface area contributed by atoms with Crippen LogP contribution in [0.5, 0.6) is 0 Å². The third-order valence-electron chi connectivity index (χ3n) is 1.58. The van der Waals surface area contributed by atoms with Crippen molar-refractivity contribution in [2.45, 2.75) is 25.9 Å². The first kappa shape index (κ1) is 6.62. The molecule has 3 N–H and O–H groups in total. The Bertz CT molecular complexity index is 127. The molecule has 0 aromatic heterocycles. The monoisotopic (exact) mass is 126 g/mol. The van der Waals surface area contributed by atoms with Crippen LogP contribution in [0.15, 0.2) is 12.3 Å². The van der Waals surface area contributed by atoms with E-state index in [2.05, 4.69) is 18.3 Å². The van der Waals surface area contributed by atoms with Crippen LogP contribution in [0.25, 0.3) is 0 Å². The highest BCUT2D eigenvalue weighted by molar-refractivity contribution is 4.98. The van der Waals surface area contributed by atoms with Gasteiger partial charge < -0.3 is 11.1 Å². The van der Waals surface area contributed by atoms with Gasteiger partial charge in [-0.2, -0.15) is 0 Å². The van der Waals surface area contributed by atoms with Crippen molar-refractivity contribution in [1.29, 1.82) is 0 Å². The summed E-state index contributed by atoms with van der Waals surface area (Å²) in [6.07, 6.45) is 5.09. The van der Waals surface area contributed by atoms with Crippen LogP contribution < -0.4 is 11.1 Å². The lowest BCUT2D eigenvalue weighted by molar-refractivity contribution is 0.331. The van der Waals surface area contributed by atoms with Crippen molar-refractivity contribution < 1.29 is 0 Å². The Kier molecular flexibility index (Phi) is 1.49. The molecule has 1 aliphatic rings. The summed E-state index contributed by atoms with van der Waals surface area (Å²) in [4.78, 5) is 0. The Labute approximate surface area is 56.1 Å². The molecule has 0 fully saturated rings. The second-order valence-corrected chi connectivity index (χ2v) is 3.10. The highest BCUT2D eigenvalue weighted by Gasteiger charge is 2.21. The Morgan fingerprint density at radius 2 is 2.44 bits per heavy atom. The molecular formula is C7H14N2. The van der Waals surface area contributed by atoms with Crippen molar-refractivity contribution in [2.75, 3.05) is 0 Å². The van der Waals surface area contributed by atoms with Crippen molar-refractivity contribution in [2.24, 2.45) is 11.7 Å². The molecular weight excluding hydrogens is 112 g/mol. The summed E-state index contributed by atoms with van der Waals surface area (Å²) in [5.74, 6) is 0.612. The van der Waals surface area contributed by atoms with E-state index in [4.69, 9.17) is 5.73 Å². The Morgan fingerprint density at radius 3 is 2.78 bits per heavy atom. The van der Waals surface area contributed by atoms with E-state index in [9.17, 15) is 0 Å². The van der Waals surface area contributed by atoms with E-state index in [0.717, 1.165) is 6.42 Å². The van der Waals surface area contributed by atoms with Crippen LogP contribution in [0.3, 0.4) is 0 Å². The topological polar surface area (TPSA) is 38.0 Å². The fourth-order valence-electron chi connectivity index (χ4n) is 1.20. The first-order chi connectivity index (χ1) is 4.10. The second kappa shape index (κ2) is 2.03. The number of rotatable bonds is 0. The standard InChI is InChI=1S/C7H14N2/c1-6-3-4-9-7(2,8)5-6/h3-4,6,9H,5,8H2,1-2H3/t6-,7?/m1/s1. The zero-order valence-electron chi connectivity index (χ0n) is 6.02. The van der Waals surface area contributed by atoms with Crippen LogP contribution in [0.2, 0.25) is 0 Å². The van der Waals surface area contributed by atoms with Gasteiger partial charge in [-0.05, 0) is 25.5 Å². The first-order valence-electron chi connectivity index (χ1n) is 3.33. The van der Waals surface area contributed by atoms with Crippen molar-refractivity contribution in [3.8, 4) is 0 Å². The molecule has 1 unspecified atom stereocenters. The van der Waals surface area contributed by atoms with Crippen LogP contribution in [0, 0.1) is 5.92 Å². The van der Waals surface area contributed by atoms with Crippen molar-refractivity contribution in [3.63, 3.8) is 0 Å². The van der Waals surface area contributed by atoms with Gasteiger partial charge >= 0.3 is 0 Å². The van der Waals surface area contributed by atoms with Gasteiger partial charge in [-0.15, -0.1) is 0 Å². The highest BCUT2D eigenvalue weighted by Crippen LogP contribution is 2.16. The number of nitrogens with two attached hydrogens (primary N) is 1. The first-order valence-corrected chi connectivity index (χ1v) is 3.33. The van der Waals surface area contributed by atoms with Crippen LogP contribution in [0.1, 0.15) is 20.3 Å². The fourth-order valence-corrected chi connectivity index (χ4v) is 1.20. The van der Waals surface area contributed by atoms with Gasteiger partial charge in [0.1, 0.15) is 0 Å². The van der Waals surface area contributed by atoms with Crippen LogP contribution >= 0.6 is 0 Å². The quantitative estimate of drug-likeness (QED) is 0.504. The second-order valence-electron chi connectivity index (χ2n) is 3.10. The molecule has 0 amide bonds. The molecule has 0 aliphatic carbocycles. The van der Waals surface area contributed by atoms with E-state index in [1.807, 2.05) is 13.1 Å². The van der Waals surface area contributed by atoms with Crippen LogP contribution in [-0.2, 0) is 0 Å². The summed E-state index contributed by atoms with van der Waals surface area (Å²) in [6, 6.07) is 0. The third kappa shape index (κ3) is 1.72. The molecule has 0 spiro atoms. The predicted octanol–water partition coefficient (Wildman–Crippen LogP) is 0.804. The maximum absolute atomic E-state index is 5.81. The van der Waals surface area contributed by atoms with Gasteiger partial charge in [0, 0.05) is 0 Å². The molecule has 52 valence electrons. The SMILES string of the molecule is C[C@@H]1C=CNC(C)(N)C1. The van der Waals surface area contributed by atoms with Crippen LogP contribution in [0.4, 0.5) is 0 Å². The van der Waals surface area contributed by atoms with Crippen LogP contribution in [-0.4, -0.2) is 5.66 Å². The molecule has 1 rings (SSSR count). The average molecular weight is 126 g/mol. The van der Waals surface area contributed by atoms with Crippen molar-refractivity contribution >= 4 is 0 Å². The molecule has 2 heteroatoms. The number of nitrogens with one attached hydrogen (secondary N) is 1. The van der Waals surface area contributed by atoms with Gasteiger partial charge in [0.2, 0.25) is 0 Å². The van der Waals surface area contributed by atoms with Gasteiger partial charge in [-0.3, -0.25) is 0 Å². The molecule has 0 aromatic rings. The highest BCUT2D eigenvalue weighted by atomic mass is 15.1. The largest absolute Gasteiger partial charge is 0.374 e. The van der Waals surface area contributed by atoms with Gasteiger partial charge in [-0.25, -0.2) is 0 Å². The summed E-state index contributed by atoms with van der Waals surface area (Å²) in [5, 5.41) is 3.09. The lowest BCUT2D eigenvalue weighted by Crippen LogP contribution is -2.50. The third-order valence-corrected chi connectivity index (χ3v) is 1.58. The summed E-state index contributed by atoms with van der Waals surface area (Å²) >= 11 is 0. The van der Waals surface area contributed by atoms with Gasteiger partial charge in [-0.1, -0.05) is 13.0 Å². The molecule has 1 heterocycles. The maximum atomic E-state index is 5.81. The number of hydrogen-bond donors (Lipinski definition) is 2. The minimum atomic E-state index is -0.186. The van der Waals surface area contributed by atoms with Crippen molar-refractivity contribution in [1.82, 2.24) is 5.32 Å². The Balaban J connectivity index is 2.58. The number of allylic oxidation sites excluding steroid dienone is 1. The molecule has 9 heavy (non-hydrogen) atoms. The normalized spacial score (nSPS) is 42.3. The van der Waals surface area contributed by atoms with E-state index < -0.39 is 0 Å². The molecule has 0 bridgehead atoms. The Morgan fingerprint density at radius 1 is 1.78 bits per heavy atom. The average Bonchev–Trinajstić information content (AvgIpc) is 1.60. The van der Waals surface area contributed by atoms with E-state index >= 15 is 0 Å². The fraction of sp³-hybridized carbons (Fsp3) is 0.714. The zero-order chi connectivity index (χ0) is 6.91. The minimum absolute atomic E-state index is 0.186. The smallest absolute Gasteiger partial charge is 0.0828 e. The lowest BCUT2D eigenvalue weighted by Gasteiger charge is -2.31. The van der Waals surface area contributed by atoms with E-state index in [-0.39, 0.29) is 5.66 Å². The maximum Gasteiger partial charge on any atom is 0.0828 e. The molecule has 0 aromatic carbocycles. The predicted molar refractivity (Wildman–Crippen MR) is 38.6 cm³/mol. The lowest BCUT2D eigenvalue weighted by atomic mass is 9.95. The molecule has 0 radical (unpaired) electrons. The summed E-state index contributed by atoms with van der Waals surface area (Å²) < 4.78 is 0. The minimum Gasteiger partial charge on any atom is -0.374 e.